The van der Waals surface area contributed by atoms with Crippen molar-refractivity contribution in [3.8, 4) is 17.2 Å². The minimum atomic E-state index is -0.494. The first-order valence-corrected chi connectivity index (χ1v) is 11.4. The fourth-order valence-electron chi connectivity index (χ4n) is 3.02. The van der Waals surface area contributed by atoms with Crippen molar-refractivity contribution in [3.63, 3.8) is 0 Å². The highest BCUT2D eigenvalue weighted by atomic mass is 79.9. The monoisotopic (exact) mass is 524 g/mol. The molecule has 8 heteroatoms. The van der Waals surface area contributed by atoms with Crippen LogP contribution in [0.1, 0.15) is 34.0 Å². The Morgan fingerprint density at radius 3 is 2.38 bits per heavy atom. The highest BCUT2D eigenvalue weighted by Crippen LogP contribution is 2.29. The Bertz CT molecular complexity index is 1190. The molecule has 0 bridgehead atoms. The highest BCUT2D eigenvalue weighted by molar-refractivity contribution is 9.10. The molecule has 0 aromatic heterocycles. The number of nitrogens with one attached hydrogen (secondary N) is 1. The van der Waals surface area contributed by atoms with Crippen LogP contribution in [-0.2, 0) is 4.79 Å². The van der Waals surface area contributed by atoms with E-state index in [-0.39, 0.29) is 18.3 Å². The van der Waals surface area contributed by atoms with Gasteiger partial charge in [0.05, 0.1) is 18.4 Å². The molecule has 0 spiro atoms. The topological polar surface area (TPSA) is 86.2 Å². The Morgan fingerprint density at radius 1 is 0.941 bits per heavy atom. The van der Waals surface area contributed by atoms with Gasteiger partial charge in [-0.3, -0.25) is 4.79 Å². The fraction of sp³-hybridized carbons (Fsp3) is 0.192. The van der Waals surface area contributed by atoms with Crippen molar-refractivity contribution in [2.24, 2.45) is 5.10 Å². The number of hydrogen-bond donors (Lipinski definition) is 1. The molecule has 0 fully saturated rings. The largest absolute Gasteiger partial charge is 0.490 e. The maximum absolute atomic E-state index is 12.4. The molecule has 0 radical (unpaired) electrons. The van der Waals surface area contributed by atoms with E-state index in [0.29, 0.717) is 29.2 Å². The quantitative estimate of drug-likeness (QED) is 0.179. The van der Waals surface area contributed by atoms with Crippen LogP contribution in [0.15, 0.2) is 70.2 Å². The first-order valence-electron chi connectivity index (χ1n) is 10.6. The van der Waals surface area contributed by atoms with Crippen molar-refractivity contribution in [1.82, 2.24) is 5.43 Å². The minimum absolute atomic E-state index is 0.156. The van der Waals surface area contributed by atoms with Gasteiger partial charge in [0, 0.05) is 4.47 Å². The Morgan fingerprint density at radius 2 is 1.68 bits per heavy atom. The molecule has 0 atom stereocenters. The molecule has 0 saturated heterocycles. The highest BCUT2D eigenvalue weighted by Gasteiger charge is 2.13. The van der Waals surface area contributed by atoms with Crippen LogP contribution in [0.25, 0.3) is 0 Å². The van der Waals surface area contributed by atoms with E-state index in [0.717, 1.165) is 15.6 Å². The third-order valence-corrected chi connectivity index (χ3v) is 5.17. The van der Waals surface area contributed by atoms with Gasteiger partial charge in [-0.25, -0.2) is 10.2 Å². The lowest BCUT2D eigenvalue weighted by Crippen LogP contribution is -2.24. The van der Waals surface area contributed by atoms with Crippen LogP contribution in [0.3, 0.4) is 0 Å². The lowest BCUT2D eigenvalue weighted by molar-refractivity contribution is -0.123. The van der Waals surface area contributed by atoms with Crippen LogP contribution < -0.4 is 19.6 Å². The van der Waals surface area contributed by atoms with Crippen molar-refractivity contribution in [2.45, 2.75) is 20.8 Å². The van der Waals surface area contributed by atoms with Gasteiger partial charge in [0.15, 0.2) is 18.1 Å². The molecule has 3 aromatic carbocycles. The van der Waals surface area contributed by atoms with E-state index < -0.39 is 5.97 Å². The van der Waals surface area contributed by atoms with E-state index >= 15 is 0 Å². The molecule has 3 rings (SSSR count). The molecule has 7 nitrogen and oxygen atoms in total. The third kappa shape index (κ3) is 7.18. The smallest absolute Gasteiger partial charge is 0.343 e. The number of carbonyl (C=O) groups excluding carboxylic acids is 2. The number of halogens is 1. The van der Waals surface area contributed by atoms with Gasteiger partial charge in [0.2, 0.25) is 0 Å². The van der Waals surface area contributed by atoms with Gasteiger partial charge < -0.3 is 14.2 Å². The van der Waals surface area contributed by atoms with Gasteiger partial charge in [0.1, 0.15) is 5.75 Å². The zero-order chi connectivity index (χ0) is 24.5. The first kappa shape index (κ1) is 25.0. The minimum Gasteiger partial charge on any atom is -0.490 e. The predicted octanol–water partition coefficient (Wildman–Crippen LogP) is 5.21. The summed E-state index contributed by atoms with van der Waals surface area (Å²) in [7, 11) is 0. The second kappa shape index (κ2) is 12.0. The van der Waals surface area contributed by atoms with Crippen molar-refractivity contribution < 1.29 is 23.8 Å². The molecule has 0 heterocycles. The number of carbonyl (C=O) groups is 2. The van der Waals surface area contributed by atoms with Crippen LogP contribution in [-0.4, -0.2) is 31.3 Å². The molecule has 0 unspecified atom stereocenters. The van der Waals surface area contributed by atoms with E-state index in [1.807, 2.05) is 39.0 Å². The number of nitrogens with zero attached hydrogens (tertiary/aromatic N) is 1. The summed E-state index contributed by atoms with van der Waals surface area (Å²) in [5.74, 6) is 0.450. The van der Waals surface area contributed by atoms with Crippen LogP contribution in [0.2, 0.25) is 0 Å². The van der Waals surface area contributed by atoms with Gasteiger partial charge in [-0.2, -0.15) is 5.10 Å². The van der Waals surface area contributed by atoms with Gasteiger partial charge >= 0.3 is 5.97 Å². The standard InChI is InChI=1S/C26H25BrN2O5/c1-4-32-24-14-19(6-12-23(24)34-26(31)20-7-9-21(27)10-8-20)15-28-29-25(30)16-33-22-11-5-17(2)13-18(22)3/h5-15H,4,16H2,1-3H3,(H,29,30)/b28-15+. The second-order valence-electron chi connectivity index (χ2n) is 7.39. The Balaban J connectivity index is 1.59. The summed E-state index contributed by atoms with van der Waals surface area (Å²) in [6.45, 7) is 5.98. The molecule has 0 aliphatic carbocycles. The average molecular weight is 525 g/mol. The number of hydrogen-bond acceptors (Lipinski definition) is 6. The van der Waals surface area contributed by atoms with Gasteiger partial charge in [-0.1, -0.05) is 33.6 Å². The van der Waals surface area contributed by atoms with E-state index in [9.17, 15) is 9.59 Å². The molecule has 0 aliphatic heterocycles. The average Bonchev–Trinajstić information content (AvgIpc) is 2.80. The Hall–Kier alpha value is -3.65. The summed E-state index contributed by atoms with van der Waals surface area (Å²) in [6, 6.07) is 17.6. The number of amides is 1. The molecule has 1 amide bonds. The maximum Gasteiger partial charge on any atom is 0.343 e. The molecule has 0 aliphatic rings. The lowest BCUT2D eigenvalue weighted by Gasteiger charge is -2.11. The zero-order valence-corrected chi connectivity index (χ0v) is 20.7. The summed E-state index contributed by atoms with van der Waals surface area (Å²) >= 11 is 3.34. The van der Waals surface area contributed by atoms with Gasteiger partial charge in [-0.05, 0) is 80.4 Å². The van der Waals surface area contributed by atoms with Crippen molar-refractivity contribution in [1.29, 1.82) is 0 Å². The summed E-state index contributed by atoms with van der Waals surface area (Å²) < 4.78 is 17.5. The van der Waals surface area contributed by atoms with E-state index in [1.54, 1.807) is 42.5 Å². The Labute approximate surface area is 206 Å². The number of esters is 1. The normalized spacial score (nSPS) is 10.7. The number of benzene rings is 3. The summed E-state index contributed by atoms with van der Waals surface area (Å²) in [6.07, 6.45) is 1.47. The first-order chi connectivity index (χ1) is 16.4. The SMILES string of the molecule is CCOc1cc(/C=N/NC(=O)COc2ccc(C)cc2C)ccc1OC(=O)c1ccc(Br)cc1. The number of aryl methyl sites for hydroxylation is 2. The molecule has 1 N–H and O–H groups in total. The van der Waals surface area contributed by atoms with Crippen molar-refractivity contribution in [2.75, 3.05) is 13.2 Å². The number of rotatable bonds is 9. The van der Waals surface area contributed by atoms with Crippen LogP contribution in [0.4, 0.5) is 0 Å². The summed E-state index contributed by atoms with van der Waals surface area (Å²) in [5, 5.41) is 3.97. The number of ether oxygens (including phenoxy) is 3. The molecule has 3 aromatic rings. The third-order valence-electron chi connectivity index (χ3n) is 4.64. The van der Waals surface area contributed by atoms with E-state index in [1.165, 1.54) is 6.21 Å². The van der Waals surface area contributed by atoms with Crippen LogP contribution in [0.5, 0.6) is 17.2 Å². The molecule has 0 saturated carbocycles. The van der Waals surface area contributed by atoms with E-state index in [2.05, 4.69) is 26.5 Å². The molecular formula is C26H25BrN2O5. The van der Waals surface area contributed by atoms with Crippen LogP contribution >= 0.6 is 15.9 Å². The molecule has 34 heavy (non-hydrogen) atoms. The zero-order valence-electron chi connectivity index (χ0n) is 19.1. The second-order valence-corrected chi connectivity index (χ2v) is 8.30. The molecular weight excluding hydrogens is 500 g/mol. The summed E-state index contributed by atoms with van der Waals surface area (Å²) in [5.41, 5.74) is 5.59. The number of hydrazone groups is 1. The van der Waals surface area contributed by atoms with Crippen molar-refractivity contribution >= 4 is 34.0 Å². The maximum atomic E-state index is 12.4. The molecule has 176 valence electrons. The Kier molecular flexibility index (Phi) is 8.81. The van der Waals surface area contributed by atoms with E-state index in [4.69, 9.17) is 14.2 Å². The van der Waals surface area contributed by atoms with Crippen LogP contribution in [0, 0.1) is 13.8 Å². The lowest BCUT2D eigenvalue weighted by atomic mass is 10.1. The fourth-order valence-corrected chi connectivity index (χ4v) is 3.28. The summed E-state index contributed by atoms with van der Waals surface area (Å²) in [4.78, 5) is 24.5. The predicted molar refractivity (Wildman–Crippen MR) is 134 cm³/mol. The van der Waals surface area contributed by atoms with Gasteiger partial charge in [-0.15, -0.1) is 0 Å². The van der Waals surface area contributed by atoms with Gasteiger partial charge in [0.25, 0.3) is 5.91 Å². The van der Waals surface area contributed by atoms with Crippen molar-refractivity contribution in [3.05, 3.63) is 87.4 Å².